The van der Waals surface area contributed by atoms with Crippen molar-refractivity contribution in [2.24, 2.45) is 4.99 Å². The first-order valence-corrected chi connectivity index (χ1v) is 14.9. The minimum absolute atomic E-state index is 0.854. The van der Waals surface area contributed by atoms with Crippen LogP contribution in [0.4, 0.5) is 11.4 Å². The minimum atomic E-state index is -3.25. The van der Waals surface area contributed by atoms with Crippen LogP contribution in [0.1, 0.15) is 12.5 Å². The van der Waals surface area contributed by atoms with Crippen molar-refractivity contribution in [1.82, 2.24) is 4.98 Å². The van der Waals surface area contributed by atoms with E-state index in [1.165, 1.54) is 0 Å². The van der Waals surface area contributed by atoms with Gasteiger partial charge in [-0.1, -0.05) is 66.7 Å². The molecule has 40 heavy (non-hydrogen) atoms. The topological polar surface area (TPSA) is 45.6 Å². The Morgan fingerprint density at radius 3 is 2.12 bits per heavy atom. The van der Waals surface area contributed by atoms with E-state index in [0.717, 1.165) is 66.5 Å². The van der Waals surface area contributed by atoms with Gasteiger partial charge in [0.25, 0.3) is 0 Å². The second kappa shape index (κ2) is 9.44. The fourth-order valence-electron chi connectivity index (χ4n) is 5.97. The van der Waals surface area contributed by atoms with Gasteiger partial charge in [0.1, 0.15) is 0 Å². The molecule has 0 saturated carbocycles. The summed E-state index contributed by atoms with van der Waals surface area (Å²) in [5.41, 5.74) is 10.1. The molecule has 1 atom stereocenters. The Hall–Kier alpha value is -4.79. The molecular formula is C35H26N3OP. The zero-order valence-electron chi connectivity index (χ0n) is 22.0. The summed E-state index contributed by atoms with van der Waals surface area (Å²) in [6.45, 7) is 5.65. The van der Waals surface area contributed by atoms with Crippen molar-refractivity contribution < 1.29 is 4.57 Å². The first-order valence-electron chi connectivity index (χ1n) is 13.2. The van der Waals surface area contributed by atoms with Crippen LogP contribution in [0.15, 0.2) is 133 Å². The average Bonchev–Trinajstić information content (AvgIpc) is 3.01. The number of rotatable bonds is 4. The van der Waals surface area contributed by atoms with Crippen LogP contribution >= 0.6 is 7.29 Å². The maximum atomic E-state index is 15.6. The molecule has 0 fully saturated rings. The normalized spacial score (nSPS) is 16.9. The van der Waals surface area contributed by atoms with Gasteiger partial charge in [-0.05, 0) is 83.9 Å². The van der Waals surface area contributed by atoms with Gasteiger partial charge < -0.3 is 0 Å². The molecule has 0 amide bonds. The van der Waals surface area contributed by atoms with Gasteiger partial charge in [-0.15, -0.1) is 0 Å². The van der Waals surface area contributed by atoms with E-state index in [1.807, 2.05) is 67.7 Å². The number of benzene rings is 4. The van der Waals surface area contributed by atoms with Crippen LogP contribution in [-0.2, 0) is 4.57 Å². The lowest BCUT2D eigenvalue weighted by Crippen LogP contribution is -2.37. The van der Waals surface area contributed by atoms with E-state index in [1.54, 1.807) is 12.4 Å². The van der Waals surface area contributed by atoms with Crippen LogP contribution in [0.5, 0.6) is 0 Å². The Morgan fingerprint density at radius 1 is 0.800 bits per heavy atom. The summed E-state index contributed by atoms with van der Waals surface area (Å²) < 4.78 is 17.7. The number of pyridine rings is 1. The van der Waals surface area contributed by atoms with Crippen molar-refractivity contribution >= 4 is 41.6 Å². The number of anilines is 2. The summed E-state index contributed by atoms with van der Waals surface area (Å²) in [6.07, 6.45) is 9.46. The second-order valence-electron chi connectivity index (χ2n) is 9.89. The maximum absolute atomic E-state index is 15.6. The Bertz CT molecular complexity index is 1920. The van der Waals surface area contributed by atoms with Crippen LogP contribution in [-0.4, -0.2) is 11.7 Å². The summed E-state index contributed by atoms with van der Waals surface area (Å²) in [5.74, 6) is 0. The van der Waals surface area contributed by atoms with Crippen LogP contribution in [0, 0.1) is 0 Å². The van der Waals surface area contributed by atoms with E-state index in [4.69, 9.17) is 0 Å². The third-order valence-electron chi connectivity index (χ3n) is 7.68. The molecule has 2 aliphatic heterocycles. The number of aliphatic imine (C=N–C) groups is 1. The van der Waals surface area contributed by atoms with Gasteiger partial charge in [0, 0.05) is 45.9 Å². The summed E-state index contributed by atoms with van der Waals surface area (Å²) in [5, 5.41) is 1.71. The molecule has 0 bridgehead atoms. The van der Waals surface area contributed by atoms with E-state index in [9.17, 15) is 0 Å². The third-order valence-corrected chi connectivity index (χ3v) is 10.8. The molecule has 7 rings (SSSR count). The molecule has 192 valence electrons. The van der Waals surface area contributed by atoms with E-state index in [-0.39, 0.29) is 0 Å². The summed E-state index contributed by atoms with van der Waals surface area (Å²) in [7, 11) is -3.25. The molecule has 5 aromatic rings. The molecule has 3 heterocycles. The Morgan fingerprint density at radius 2 is 1.48 bits per heavy atom. The summed E-state index contributed by atoms with van der Waals surface area (Å²) in [6, 6.07) is 33.1. The predicted molar refractivity (Wildman–Crippen MR) is 168 cm³/mol. The number of hydrogen-bond donors (Lipinski definition) is 0. The van der Waals surface area contributed by atoms with Crippen LogP contribution < -0.4 is 15.3 Å². The van der Waals surface area contributed by atoms with E-state index in [2.05, 4.69) is 76.0 Å². The lowest BCUT2D eigenvalue weighted by atomic mass is 9.95. The van der Waals surface area contributed by atoms with Crippen molar-refractivity contribution in [1.29, 1.82) is 0 Å². The fraction of sp³-hybridized carbons (Fsp3) is 0.0286. The van der Waals surface area contributed by atoms with Gasteiger partial charge in [0.2, 0.25) is 7.29 Å². The Kier molecular flexibility index (Phi) is 5.73. The van der Waals surface area contributed by atoms with E-state index >= 15 is 4.57 Å². The van der Waals surface area contributed by atoms with Crippen LogP contribution in [0.2, 0.25) is 0 Å². The van der Waals surface area contributed by atoms with Crippen molar-refractivity contribution in [3.05, 3.63) is 133 Å². The molecule has 4 aromatic carbocycles. The molecular weight excluding hydrogens is 509 g/mol. The fourth-order valence-corrected chi connectivity index (χ4v) is 9.23. The maximum Gasteiger partial charge on any atom is 0.235 e. The highest BCUT2D eigenvalue weighted by atomic mass is 31.2. The van der Waals surface area contributed by atoms with E-state index in [0.29, 0.717) is 0 Å². The SMILES string of the molecule is C=N/C=C(\C=C/C)c1ccc2c(c1)-c1ccccc1P1(=O)c3ccccc3-c3cc(-c4cccnc4)ccc3N21. The molecule has 1 unspecified atom stereocenters. The van der Waals surface area contributed by atoms with Gasteiger partial charge in [0.05, 0.1) is 11.4 Å². The number of hydrogen-bond acceptors (Lipinski definition) is 3. The molecule has 0 radical (unpaired) electrons. The zero-order valence-corrected chi connectivity index (χ0v) is 22.9. The highest BCUT2D eigenvalue weighted by Gasteiger charge is 2.47. The number of fused-ring (bicyclic) bond motifs is 11. The predicted octanol–water partition coefficient (Wildman–Crippen LogP) is 8.39. The third kappa shape index (κ3) is 3.50. The lowest BCUT2D eigenvalue weighted by molar-refractivity contribution is 0.586. The van der Waals surface area contributed by atoms with Gasteiger partial charge in [-0.2, -0.15) is 0 Å². The zero-order chi connectivity index (χ0) is 27.3. The molecule has 0 spiro atoms. The van der Waals surface area contributed by atoms with Crippen molar-refractivity contribution in [2.75, 3.05) is 4.67 Å². The van der Waals surface area contributed by atoms with Gasteiger partial charge in [0.15, 0.2) is 0 Å². The minimum Gasteiger partial charge on any atom is -0.289 e. The molecule has 1 aromatic heterocycles. The van der Waals surface area contributed by atoms with Gasteiger partial charge >= 0.3 is 0 Å². The number of aromatic nitrogens is 1. The largest absolute Gasteiger partial charge is 0.289 e. The smallest absolute Gasteiger partial charge is 0.235 e. The summed E-state index contributed by atoms with van der Waals surface area (Å²) >= 11 is 0. The summed E-state index contributed by atoms with van der Waals surface area (Å²) in [4.78, 5) is 8.35. The van der Waals surface area contributed by atoms with Crippen LogP contribution in [0.3, 0.4) is 0 Å². The van der Waals surface area contributed by atoms with Gasteiger partial charge in [-0.25, -0.2) is 0 Å². The van der Waals surface area contributed by atoms with Crippen molar-refractivity contribution in [3.8, 4) is 33.4 Å². The van der Waals surface area contributed by atoms with Gasteiger partial charge in [-0.3, -0.25) is 19.2 Å². The Labute approximate surface area is 234 Å². The molecule has 2 aliphatic rings. The average molecular weight is 536 g/mol. The number of nitrogens with zero attached hydrogens (tertiary/aromatic N) is 3. The number of allylic oxidation sites excluding steroid dienone is 3. The molecule has 0 saturated heterocycles. The molecule has 0 aliphatic carbocycles. The molecule has 4 nitrogen and oxygen atoms in total. The monoisotopic (exact) mass is 535 g/mol. The van der Waals surface area contributed by atoms with Crippen LogP contribution in [0.25, 0.3) is 39.0 Å². The Balaban J connectivity index is 1.54. The van der Waals surface area contributed by atoms with Crippen molar-refractivity contribution in [3.63, 3.8) is 0 Å². The highest BCUT2D eigenvalue weighted by molar-refractivity contribution is 7.81. The lowest BCUT2D eigenvalue weighted by Gasteiger charge is -2.44. The first kappa shape index (κ1) is 24.3. The highest BCUT2D eigenvalue weighted by Crippen LogP contribution is 2.66. The van der Waals surface area contributed by atoms with E-state index < -0.39 is 7.29 Å². The van der Waals surface area contributed by atoms with Crippen molar-refractivity contribution in [2.45, 2.75) is 6.92 Å². The molecule has 5 heteroatoms. The quantitative estimate of drug-likeness (QED) is 0.132. The second-order valence-corrected chi connectivity index (χ2v) is 12.4. The standard InChI is InChI=1S/C35H26N3OP/c1-3-9-26(22-36-2)24-15-17-32-30(20-24)28-11-4-6-13-34(28)40(39)35-14-7-5-12-29(35)31-21-25(16-18-33(31)38(32)40)27-10-8-19-37-23-27/h3-23H,2H2,1H3/b9-3-,26-22+. The molecule has 0 N–H and O–H groups in total. The first-order chi connectivity index (χ1) is 19.6.